The van der Waals surface area contributed by atoms with Crippen LogP contribution in [0.2, 0.25) is 0 Å². The number of nitrogens with one attached hydrogen (secondary N) is 1. The Hall–Kier alpha value is -3.87. The Balaban J connectivity index is 1.69. The first kappa shape index (κ1) is 26.7. The second kappa shape index (κ2) is 10.8. The number of thioether (sulfide) groups is 1. The number of carbonyl (C=O) groups excluding carboxylic acids is 2. The molecule has 0 saturated carbocycles. The molecule has 3 rings (SSSR count). The summed E-state index contributed by atoms with van der Waals surface area (Å²) in [6, 6.07) is 2.46. The molecule has 1 atom stereocenters. The van der Waals surface area contributed by atoms with Gasteiger partial charge in [-0.1, -0.05) is 16.9 Å². The molecule has 0 fully saturated rings. The van der Waals surface area contributed by atoms with Gasteiger partial charge in [0.2, 0.25) is 12.1 Å². The summed E-state index contributed by atoms with van der Waals surface area (Å²) in [4.78, 5) is 34.5. The summed E-state index contributed by atoms with van der Waals surface area (Å²) < 4.78 is 89.9. The number of nitrogens with zero attached hydrogens (tertiary/aromatic N) is 4. The van der Waals surface area contributed by atoms with Crippen molar-refractivity contribution in [3.63, 3.8) is 0 Å². The summed E-state index contributed by atoms with van der Waals surface area (Å²) >= 11 is 0.856. The molecule has 0 spiro atoms. The highest BCUT2D eigenvalue weighted by atomic mass is 32.2. The van der Waals surface area contributed by atoms with Crippen LogP contribution >= 0.6 is 11.8 Å². The third-order valence-electron chi connectivity index (χ3n) is 4.11. The number of rotatable bonds is 9. The number of ether oxygens (including phenoxy) is 1. The molecular formula is C17H12F6N6O6S. The van der Waals surface area contributed by atoms with E-state index in [1.54, 1.807) is 0 Å². The number of esters is 1. The molecule has 12 nitrogen and oxygen atoms in total. The monoisotopic (exact) mass is 542 g/mol. The van der Waals surface area contributed by atoms with Crippen LogP contribution in [0.25, 0.3) is 17.2 Å². The van der Waals surface area contributed by atoms with Gasteiger partial charge in [0, 0.05) is 12.3 Å². The predicted octanol–water partition coefficient (Wildman–Crippen LogP) is 1.55. The van der Waals surface area contributed by atoms with Crippen LogP contribution in [-0.4, -0.2) is 56.6 Å². The molecule has 19 heteroatoms. The van der Waals surface area contributed by atoms with Gasteiger partial charge in [0.15, 0.2) is 10.7 Å². The second-order valence-corrected chi connectivity index (χ2v) is 7.58. The van der Waals surface area contributed by atoms with Gasteiger partial charge in [-0.25, -0.2) is 32.0 Å². The van der Waals surface area contributed by atoms with Gasteiger partial charge in [0.25, 0.3) is 12.3 Å². The Morgan fingerprint density at radius 1 is 1.22 bits per heavy atom. The number of hydrogen-bond donors (Lipinski definition) is 2. The molecule has 3 N–H and O–H groups in total. The van der Waals surface area contributed by atoms with E-state index >= 15 is 0 Å². The minimum absolute atomic E-state index is 0.0128. The van der Waals surface area contributed by atoms with Crippen LogP contribution in [0.5, 0.6) is 0 Å². The van der Waals surface area contributed by atoms with E-state index in [4.69, 9.17) is 5.73 Å². The summed E-state index contributed by atoms with van der Waals surface area (Å²) in [7, 11) is 0. The minimum atomic E-state index is -5.33. The number of aromatic nitrogens is 4. The van der Waals surface area contributed by atoms with Crippen molar-refractivity contribution in [3.8, 4) is 17.2 Å². The zero-order chi connectivity index (χ0) is 26.6. The Morgan fingerprint density at radius 3 is 2.61 bits per heavy atom. The minimum Gasteiger partial charge on any atom is -0.430 e. The van der Waals surface area contributed by atoms with E-state index in [1.165, 1.54) is 0 Å². The largest absolute Gasteiger partial charge is 0.490 e. The van der Waals surface area contributed by atoms with Crippen molar-refractivity contribution in [1.82, 2.24) is 25.4 Å². The maximum atomic E-state index is 13.6. The van der Waals surface area contributed by atoms with Crippen LogP contribution in [0.3, 0.4) is 0 Å². The highest BCUT2D eigenvalue weighted by Crippen LogP contribution is 2.29. The lowest BCUT2D eigenvalue weighted by atomic mass is 10.2. The molecule has 2 heterocycles. The Morgan fingerprint density at radius 2 is 1.94 bits per heavy atom. The molecule has 0 radical (unpaired) electrons. The van der Waals surface area contributed by atoms with Gasteiger partial charge >= 0.3 is 17.9 Å². The van der Waals surface area contributed by atoms with Gasteiger partial charge in [-0.05, 0) is 28.5 Å². The molecule has 2 aromatic heterocycles. The van der Waals surface area contributed by atoms with Crippen LogP contribution < -0.4 is 16.8 Å². The molecule has 194 valence electrons. The normalized spacial score (nSPS) is 12.6. The smallest absolute Gasteiger partial charge is 0.430 e. The van der Waals surface area contributed by atoms with Crippen molar-refractivity contribution in [3.05, 3.63) is 40.1 Å². The summed E-state index contributed by atoms with van der Waals surface area (Å²) in [5.41, 5.74) is 3.70. The molecule has 0 aliphatic carbocycles. The Kier molecular flexibility index (Phi) is 8.03. The molecule has 1 aromatic carbocycles. The van der Waals surface area contributed by atoms with Crippen molar-refractivity contribution in [2.24, 2.45) is 5.73 Å². The fraction of sp³-hybridized carbons (Fsp3) is 0.294. The lowest BCUT2D eigenvalue weighted by molar-refractivity contribution is -0.205. The lowest BCUT2D eigenvalue weighted by Gasteiger charge is -2.14. The third-order valence-corrected chi connectivity index (χ3v) is 5.06. The molecule has 1 unspecified atom stereocenters. The van der Waals surface area contributed by atoms with Crippen LogP contribution in [0.15, 0.2) is 37.2 Å². The number of alkyl halides is 5. The van der Waals surface area contributed by atoms with Crippen LogP contribution in [-0.2, 0) is 14.3 Å². The van der Waals surface area contributed by atoms with Crippen LogP contribution in [0, 0.1) is 5.82 Å². The van der Waals surface area contributed by atoms with Gasteiger partial charge in [0.05, 0.1) is 11.3 Å². The van der Waals surface area contributed by atoms with E-state index in [0.717, 1.165) is 23.9 Å². The molecule has 1 amide bonds. The number of amides is 1. The summed E-state index contributed by atoms with van der Waals surface area (Å²) in [6.45, 7) is -0.214. The van der Waals surface area contributed by atoms with E-state index in [9.17, 15) is 40.7 Å². The number of benzene rings is 1. The van der Waals surface area contributed by atoms with Gasteiger partial charge in [-0.2, -0.15) is 13.2 Å². The number of halogens is 6. The van der Waals surface area contributed by atoms with E-state index in [0.29, 0.717) is 10.6 Å². The van der Waals surface area contributed by atoms with Gasteiger partial charge < -0.3 is 10.1 Å². The molecule has 3 aromatic rings. The van der Waals surface area contributed by atoms with E-state index in [2.05, 4.69) is 34.7 Å². The SMILES string of the molecule is NC(OC(=O)C(F)(F)F)C(=O)NCCSc1nonc1-c1noc(=O)n1-c1ccc(F)c(C(F)F)c1. The molecular weight excluding hydrogens is 530 g/mol. The number of carbonyl (C=O) groups is 2. The first-order chi connectivity index (χ1) is 16.9. The summed E-state index contributed by atoms with van der Waals surface area (Å²) in [5.74, 6) is -6.53. The van der Waals surface area contributed by atoms with Crippen LogP contribution in [0.4, 0.5) is 26.3 Å². The third kappa shape index (κ3) is 6.03. The number of nitrogens with two attached hydrogens (primary N) is 1. The van der Waals surface area contributed by atoms with Crippen molar-refractivity contribution in [2.75, 3.05) is 12.3 Å². The van der Waals surface area contributed by atoms with Crippen molar-refractivity contribution >= 4 is 23.6 Å². The van der Waals surface area contributed by atoms with Crippen molar-refractivity contribution < 1.29 is 49.8 Å². The molecule has 0 aliphatic rings. The zero-order valence-electron chi connectivity index (χ0n) is 17.3. The quantitative estimate of drug-likeness (QED) is 0.132. The highest BCUT2D eigenvalue weighted by Gasteiger charge is 2.42. The molecule has 0 saturated heterocycles. The first-order valence-electron chi connectivity index (χ1n) is 9.33. The number of hydrogen-bond acceptors (Lipinski definition) is 11. The van der Waals surface area contributed by atoms with E-state index < -0.39 is 47.8 Å². The fourth-order valence-electron chi connectivity index (χ4n) is 2.53. The van der Waals surface area contributed by atoms with E-state index in [-0.39, 0.29) is 34.5 Å². The van der Waals surface area contributed by atoms with Gasteiger partial charge in [0.1, 0.15) is 5.82 Å². The second-order valence-electron chi connectivity index (χ2n) is 6.50. The van der Waals surface area contributed by atoms with Gasteiger partial charge in [-0.15, -0.1) is 0 Å². The van der Waals surface area contributed by atoms with Crippen molar-refractivity contribution in [1.29, 1.82) is 0 Å². The summed E-state index contributed by atoms with van der Waals surface area (Å²) in [5, 5.41) is 12.8. The topological polar surface area (TPSA) is 168 Å². The zero-order valence-corrected chi connectivity index (χ0v) is 18.1. The van der Waals surface area contributed by atoms with E-state index in [1.807, 2.05) is 0 Å². The standard InChI is InChI=1S/C17H12F6N6O6S/c18-8-2-1-6(5-7(8)10(19)20)29-12(27-34-16(29)32)9-14(28-35-26-9)36-4-3-25-13(30)11(24)33-15(31)17(21,22)23/h1-2,5,10-11H,3-4,24H2,(H,25,30). The summed E-state index contributed by atoms with van der Waals surface area (Å²) in [6.07, 6.45) is -10.7. The lowest BCUT2D eigenvalue weighted by Crippen LogP contribution is -2.46. The Bertz CT molecular complexity index is 1310. The maximum Gasteiger partial charge on any atom is 0.490 e. The average Bonchev–Trinajstić information content (AvgIpc) is 3.42. The molecule has 0 aliphatic heterocycles. The predicted molar refractivity (Wildman–Crippen MR) is 104 cm³/mol. The van der Waals surface area contributed by atoms with Gasteiger partial charge in [-0.3, -0.25) is 15.1 Å². The molecule has 0 bridgehead atoms. The molecule has 36 heavy (non-hydrogen) atoms. The highest BCUT2D eigenvalue weighted by molar-refractivity contribution is 7.99. The Labute approximate surface area is 198 Å². The average molecular weight is 542 g/mol. The maximum absolute atomic E-state index is 13.6. The fourth-order valence-corrected chi connectivity index (χ4v) is 3.28. The van der Waals surface area contributed by atoms with Crippen LogP contribution in [0.1, 0.15) is 12.0 Å². The van der Waals surface area contributed by atoms with Crippen molar-refractivity contribution in [2.45, 2.75) is 23.9 Å². The first-order valence-corrected chi connectivity index (χ1v) is 10.3.